The van der Waals surface area contributed by atoms with Crippen LogP contribution in [-0.4, -0.2) is 20.8 Å². The molecule has 1 aliphatic rings. The highest BCUT2D eigenvalue weighted by Gasteiger charge is 2.25. The van der Waals surface area contributed by atoms with Crippen molar-refractivity contribution in [1.82, 2.24) is 9.55 Å². The zero-order chi connectivity index (χ0) is 9.97. The first-order valence-corrected chi connectivity index (χ1v) is 5.52. The lowest BCUT2D eigenvalue weighted by atomic mass is 9.92. The summed E-state index contributed by atoms with van der Waals surface area (Å²) in [5, 5.41) is 9.91. The van der Waals surface area contributed by atoms with Gasteiger partial charge in [-0.1, -0.05) is 19.8 Å². The minimum absolute atomic E-state index is 0.178. The first kappa shape index (κ1) is 9.71. The summed E-state index contributed by atoms with van der Waals surface area (Å²) in [6.07, 6.45) is 9.00. The SMILES string of the molecule is CCc1nccn1[C@H]1CCCC[C@@H]1O. The average Bonchev–Trinajstić information content (AvgIpc) is 2.66. The molecule has 0 aromatic carbocycles. The zero-order valence-electron chi connectivity index (χ0n) is 8.69. The Hall–Kier alpha value is -0.830. The summed E-state index contributed by atoms with van der Waals surface area (Å²) >= 11 is 0. The monoisotopic (exact) mass is 194 g/mol. The van der Waals surface area contributed by atoms with Crippen molar-refractivity contribution in [3.05, 3.63) is 18.2 Å². The first-order valence-electron chi connectivity index (χ1n) is 5.52. The van der Waals surface area contributed by atoms with Gasteiger partial charge in [-0.25, -0.2) is 4.98 Å². The smallest absolute Gasteiger partial charge is 0.108 e. The Labute approximate surface area is 84.8 Å². The number of aliphatic hydroxyl groups excluding tert-OH is 1. The van der Waals surface area contributed by atoms with Crippen LogP contribution in [-0.2, 0) is 6.42 Å². The molecule has 3 heteroatoms. The van der Waals surface area contributed by atoms with Gasteiger partial charge in [-0.2, -0.15) is 0 Å². The maximum absolute atomic E-state index is 9.91. The maximum atomic E-state index is 9.91. The number of rotatable bonds is 2. The fourth-order valence-electron chi connectivity index (χ4n) is 2.34. The van der Waals surface area contributed by atoms with Crippen LogP contribution in [0.4, 0.5) is 0 Å². The number of imidazole rings is 1. The molecule has 1 aromatic rings. The van der Waals surface area contributed by atoms with Crippen molar-refractivity contribution in [2.45, 2.75) is 51.2 Å². The molecule has 2 atom stereocenters. The van der Waals surface area contributed by atoms with Gasteiger partial charge in [0, 0.05) is 18.8 Å². The second kappa shape index (κ2) is 4.13. The van der Waals surface area contributed by atoms with Gasteiger partial charge in [0.2, 0.25) is 0 Å². The molecule has 0 amide bonds. The molecule has 0 saturated heterocycles. The highest BCUT2D eigenvalue weighted by atomic mass is 16.3. The van der Waals surface area contributed by atoms with Crippen LogP contribution in [0.15, 0.2) is 12.4 Å². The topological polar surface area (TPSA) is 38.0 Å². The lowest BCUT2D eigenvalue weighted by Crippen LogP contribution is -2.28. The van der Waals surface area contributed by atoms with Crippen LogP contribution >= 0.6 is 0 Å². The van der Waals surface area contributed by atoms with Gasteiger partial charge in [0.15, 0.2) is 0 Å². The first-order chi connectivity index (χ1) is 6.83. The van der Waals surface area contributed by atoms with Crippen molar-refractivity contribution in [3.63, 3.8) is 0 Å². The Morgan fingerprint density at radius 1 is 1.50 bits per heavy atom. The normalized spacial score (nSPS) is 27.9. The molecule has 1 saturated carbocycles. The number of nitrogens with zero attached hydrogens (tertiary/aromatic N) is 2. The fraction of sp³-hybridized carbons (Fsp3) is 0.727. The molecule has 1 fully saturated rings. The van der Waals surface area contributed by atoms with Crippen LogP contribution in [0.25, 0.3) is 0 Å². The Kier molecular flexibility index (Phi) is 2.87. The molecular weight excluding hydrogens is 176 g/mol. The van der Waals surface area contributed by atoms with Gasteiger partial charge >= 0.3 is 0 Å². The molecule has 1 aliphatic carbocycles. The molecule has 1 N–H and O–H groups in total. The van der Waals surface area contributed by atoms with Gasteiger partial charge in [-0.05, 0) is 12.8 Å². The molecule has 0 aliphatic heterocycles. The summed E-state index contributed by atoms with van der Waals surface area (Å²) in [5.41, 5.74) is 0. The van der Waals surface area contributed by atoms with E-state index in [0.717, 1.165) is 31.5 Å². The molecule has 1 heterocycles. The number of aliphatic hydroxyl groups is 1. The fourth-order valence-corrected chi connectivity index (χ4v) is 2.34. The van der Waals surface area contributed by atoms with Crippen molar-refractivity contribution >= 4 is 0 Å². The van der Waals surface area contributed by atoms with E-state index in [2.05, 4.69) is 16.5 Å². The molecule has 3 nitrogen and oxygen atoms in total. The molecule has 14 heavy (non-hydrogen) atoms. The highest BCUT2D eigenvalue weighted by molar-refractivity contribution is 4.97. The predicted octanol–water partition coefficient (Wildman–Crippen LogP) is 1.92. The Bertz CT molecular complexity index is 295. The predicted molar refractivity (Wildman–Crippen MR) is 55.1 cm³/mol. The van der Waals surface area contributed by atoms with Crippen LogP contribution in [0.3, 0.4) is 0 Å². The van der Waals surface area contributed by atoms with Gasteiger partial charge in [0.25, 0.3) is 0 Å². The van der Waals surface area contributed by atoms with Crippen molar-refractivity contribution in [1.29, 1.82) is 0 Å². The number of aromatic nitrogens is 2. The van der Waals surface area contributed by atoms with E-state index < -0.39 is 0 Å². The van der Waals surface area contributed by atoms with Crippen LogP contribution < -0.4 is 0 Å². The highest BCUT2D eigenvalue weighted by Crippen LogP contribution is 2.29. The lowest BCUT2D eigenvalue weighted by molar-refractivity contribution is 0.0741. The zero-order valence-corrected chi connectivity index (χ0v) is 8.69. The van der Waals surface area contributed by atoms with Crippen molar-refractivity contribution in [2.75, 3.05) is 0 Å². The molecule has 1 aromatic heterocycles. The second-order valence-electron chi connectivity index (χ2n) is 4.02. The van der Waals surface area contributed by atoms with Gasteiger partial charge in [-0.15, -0.1) is 0 Å². The Morgan fingerprint density at radius 2 is 2.29 bits per heavy atom. The van der Waals surface area contributed by atoms with Gasteiger partial charge in [0.05, 0.1) is 12.1 Å². The summed E-state index contributed by atoms with van der Waals surface area (Å²) in [5.74, 6) is 1.09. The quantitative estimate of drug-likeness (QED) is 0.781. The number of hydrogen-bond donors (Lipinski definition) is 1. The van der Waals surface area contributed by atoms with Crippen molar-refractivity contribution < 1.29 is 5.11 Å². The molecule has 0 spiro atoms. The van der Waals surface area contributed by atoms with Crippen LogP contribution in [0, 0.1) is 0 Å². The number of aryl methyl sites for hydroxylation is 1. The van der Waals surface area contributed by atoms with Crippen LogP contribution in [0.5, 0.6) is 0 Å². The summed E-state index contributed by atoms with van der Waals surface area (Å²) in [6.45, 7) is 2.11. The van der Waals surface area contributed by atoms with E-state index in [1.807, 2.05) is 12.4 Å². The largest absolute Gasteiger partial charge is 0.391 e. The Morgan fingerprint density at radius 3 is 3.00 bits per heavy atom. The van der Waals surface area contributed by atoms with Gasteiger partial charge in [0.1, 0.15) is 5.82 Å². The van der Waals surface area contributed by atoms with Gasteiger partial charge in [-0.3, -0.25) is 0 Å². The van der Waals surface area contributed by atoms with Crippen molar-refractivity contribution in [3.8, 4) is 0 Å². The van der Waals surface area contributed by atoms with Crippen LogP contribution in [0.1, 0.15) is 44.5 Å². The molecular formula is C11H18N2O. The minimum Gasteiger partial charge on any atom is -0.391 e. The lowest BCUT2D eigenvalue weighted by Gasteiger charge is -2.29. The summed E-state index contributed by atoms with van der Waals surface area (Å²) in [6, 6.07) is 0.265. The van der Waals surface area contributed by atoms with E-state index in [1.54, 1.807) is 0 Å². The van der Waals surface area contributed by atoms with E-state index in [0.29, 0.717) is 0 Å². The average molecular weight is 194 g/mol. The van der Waals surface area contributed by atoms with E-state index in [9.17, 15) is 5.11 Å². The molecule has 2 rings (SSSR count). The third-order valence-corrected chi connectivity index (χ3v) is 3.12. The Balaban J connectivity index is 2.20. The maximum Gasteiger partial charge on any atom is 0.108 e. The summed E-state index contributed by atoms with van der Waals surface area (Å²) in [4.78, 5) is 4.30. The second-order valence-corrected chi connectivity index (χ2v) is 4.02. The van der Waals surface area contributed by atoms with E-state index in [4.69, 9.17) is 0 Å². The van der Waals surface area contributed by atoms with Gasteiger partial charge < -0.3 is 9.67 Å². The van der Waals surface area contributed by atoms with Crippen molar-refractivity contribution in [2.24, 2.45) is 0 Å². The van der Waals surface area contributed by atoms with E-state index >= 15 is 0 Å². The third kappa shape index (κ3) is 1.69. The molecule has 0 bridgehead atoms. The standard InChI is InChI=1S/C11H18N2O/c1-2-11-12-7-8-13(11)9-5-3-4-6-10(9)14/h7-10,14H,2-6H2,1H3/t9-,10-/m0/s1. The van der Waals surface area contributed by atoms with Crippen LogP contribution in [0.2, 0.25) is 0 Å². The summed E-state index contributed by atoms with van der Waals surface area (Å²) < 4.78 is 2.16. The van der Waals surface area contributed by atoms with E-state index in [1.165, 1.54) is 6.42 Å². The molecule has 78 valence electrons. The number of hydrogen-bond acceptors (Lipinski definition) is 2. The van der Waals surface area contributed by atoms with E-state index in [-0.39, 0.29) is 12.1 Å². The minimum atomic E-state index is -0.178. The third-order valence-electron chi connectivity index (χ3n) is 3.12. The summed E-state index contributed by atoms with van der Waals surface area (Å²) in [7, 11) is 0. The molecule has 0 radical (unpaired) electrons. The molecule has 0 unspecified atom stereocenters.